The van der Waals surface area contributed by atoms with Gasteiger partial charge in [0.1, 0.15) is 13.2 Å². The van der Waals surface area contributed by atoms with E-state index in [0.29, 0.717) is 16.8 Å². The van der Waals surface area contributed by atoms with E-state index >= 15 is 0 Å². The van der Waals surface area contributed by atoms with Crippen LogP contribution in [0, 0.1) is 0 Å². The quantitative estimate of drug-likeness (QED) is 0.355. The largest absolute Gasteiger partial charge is 0.472 e. The van der Waals surface area contributed by atoms with Crippen LogP contribution in [-0.4, -0.2) is 61.3 Å². The molecule has 0 aromatic rings. The van der Waals surface area contributed by atoms with Crippen LogP contribution in [0.1, 0.15) is 0 Å². The lowest BCUT2D eigenvalue weighted by atomic mass is 10.5. The van der Waals surface area contributed by atoms with E-state index in [1.165, 1.54) is 0 Å². The number of rotatable bonds is 8. The van der Waals surface area contributed by atoms with Crippen LogP contribution in [0.25, 0.3) is 0 Å². The van der Waals surface area contributed by atoms with Crippen LogP contribution in [-0.2, 0) is 13.6 Å². The molecule has 0 bridgehead atoms. The van der Waals surface area contributed by atoms with Gasteiger partial charge >= 0.3 is 7.82 Å². The first-order valence-electron chi connectivity index (χ1n) is 4.87. The second-order valence-corrected chi connectivity index (χ2v) is 7.00. The Hall–Kier alpha value is 0.770. The first kappa shape index (κ1) is 16.8. The molecule has 0 saturated carbocycles. The highest BCUT2D eigenvalue weighted by atomic mass is 32.1. The van der Waals surface area contributed by atoms with Crippen LogP contribution in [0.15, 0.2) is 0 Å². The molecule has 1 N–H and O–H groups in total. The maximum Gasteiger partial charge on any atom is 0.472 e. The van der Waals surface area contributed by atoms with Gasteiger partial charge in [-0.1, -0.05) is 0 Å². The smallest absolute Gasteiger partial charge is 0.329 e. The molecule has 0 aromatic carbocycles. The van der Waals surface area contributed by atoms with Crippen molar-refractivity contribution >= 4 is 33.1 Å². The normalized spacial score (nSPS) is 18.1. The monoisotopic (exact) mass is 290 g/mol. The minimum absolute atomic E-state index is 0.0464. The summed E-state index contributed by atoms with van der Waals surface area (Å²) in [6.07, 6.45) is 0. The minimum atomic E-state index is -3.94. The molecule has 0 saturated heterocycles. The van der Waals surface area contributed by atoms with Crippen molar-refractivity contribution < 1.29 is 23.0 Å². The predicted octanol–water partition coefficient (Wildman–Crippen LogP) is 1.05. The van der Waals surface area contributed by atoms with Gasteiger partial charge in [-0.25, -0.2) is 4.57 Å². The highest BCUT2D eigenvalue weighted by molar-refractivity contribution is 7.84. The zero-order valence-corrected chi connectivity index (χ0v) is 12.5. The van der Waals surface area contributed by atoms with E-state index in [1.54, 1.807) is 0 Å². The van der Waals surface area contributed by atoms with E-state index in [9.17, 15) is 9.46 Å². The molecule has 0 spiro atoms. The third-order valence-electron chi connectivity index (χ3n) is 1.66. The standard InChI is InChI=1S/C8H20NO4PS2/c1-9(2,3)4-5-12-14(10,11)13-6-8(16)7-15/h8H,4-7H2,1-3H3,(H2-,10,11,15,16)/p+1/t8-/m0/s1. The van der Waals surface area contributed by atoms with Crippen molar-refractivity contribution in [1.29, 1.82) is 0 Å². The molecule has 0 amide bonds. The minimum Gasteiger partial charge on any atom is -0.329 e. The van der Waals surface area contributed by atoms with Gasteiger partial charge in [-0.3, -0.25) is 9.05 Å². The van der Waals surface area contributed by atoms with Crippen molar-refractivity contribution in [3.05, 3.63) is 0 Å². The Kier molecular flexibility index (Phi) is 7.61. The van der Waals surface area contributed by atoms with Gasteiger partial charge in [0, 0.05) is 11.0 Å². The average Bonchev–Trinajstić information content (AvgIpc) is 2.12. The van der Waals surface area contributed by atoms with Crippen molar-refractivity contribution in [2.75, 3.05) is 46.7 Å². The Balaban J connectivity index is 3.83. The summed E-state index contributed by atoms with van der Waals surface area (Å²) in [5, 5.41) is -0.175. The Morgan fingerprint density at radius 3 is 2.38 bits per heavy atom. The van der Waals surface area contributed by atoms with E-state index in [-0.39, 0.29) is 18.5 Å². The number of phosphoric ester groups is 1. The summed E-state index contributed by atoms with van der Waals surface area (Å²) in [6, 6.07) is 0. The molecule has 0 fully saturated rings. The zero-order valence-electron chi connectivity index (χ0n) is 9.87. The van der Waals surface area contributed by atoms with Gasteiger partial charge in [-0.2, -0.15) is 25.3 Å². The molecule has 0 aliphatic rings. The van der Waals surface area contributed by atoms with Crippen molar-refractivity contribution in [2.45, 2.75) is 5.25 Å². The number of hydrogen-bond donors (Lipinski definition) is 3. The molecule has 0 rings (SSSR count). The van der Waals surface area contributed by atoms with Gasteiger partial charge in [0.25, 0.3) is 0 Å². The number of hydrogen-bond acceptors (Lipinski definition) is 5. The fourth-order valence-electron chi connectivity index (χ4n) is 0.700. The molecule has 8 heteroatoms. The second kappa shape index (κ2) is 7.26. The zero-order chi connectivity index (χ0) is 12.8. The highest BCUT2D eigenvalue weighted by Gasteiger charge is 2.23. The molecule has 1 unspecified atom stereocenters. The molecule has 0 radical (unpaired) electrons. The lowest BCUT2D eigenvalue weighted by Crippen LogP contribution is -2.37. The fourth-order valence-corrected chi connectivity index (χ4v) is 1.75. The lowest BCUT2D eigenvalue weighted by Gasteiger charge is -2.24. The molecule has 0 heterocycles. The molecule has 98 valence electrons. The highest BCUT2D eigenvalue weighted by Crippen LogP contribution is 2.43. The number of thiol groups is 2. The summed E-state index contributed by atoms with van der Waals surface area (Å²) < 4.78 is 21.6. The lowest BCUT2D eigenvalue weighted by molar-refractivity contribution is -0.870. The van der Waals surface area contributed by atoms with Gasteiger partial charge in [0.2, 0.25) is 0 Å². The molecule has 0 aliphatic carbocycles. The number of phosphoric acid groups is 1. The van der Waals surface area contributed by atoms with E-state index in [2.05, 4.69) is 25.3 Å². The average molecular weight is 290 g/mol. The molecule has 0 aliphatic heterocycles. The molecular weight excluding hydrogens is 269 g/mol. The molecule has 5 nitrogen and oxygen atoms in total. The maximum absolute atomic E-state index is 11.4. The van der Waals surface area contributed by atoms with Crippen LogP contribution in [0.3, 0.4) is 0 Å². The summed E-state index contributed by atoms with van der Waals surface area (Å²) in [5.74, 6) is 0.474. The summed E-state index contributed by atoms with van der Waals surface area (Å²) >= 11 is 8.07. The maximum atomic E-state index is 11.4. The van der Waals surface area contributed by atoms with Gasteiger partial charge in [-0.05, 0) is 0 Å². The summed E-state index contributed by atoms with van der Waals surface area (Å²) in [7, 11) is 1.97. The molecule has 16 heavy (non-hydrogen) atoms. The van der Waals surface area contributed by atoms with Gasteiger partial charge in [0.15, 0.2) is 0 Å². The second-order valence-electron chi connectivity index (χ2n) is 4.45. The van der Waals surface area contributed by atoms with E-state index < -0.39 is 7.82 Å². The summed E-state index contributed by atoms with van der Waals surface area (Å²) in [4.78, 5) is 9.30. The van der Waals surface area contributed by atoms with E-state index in [4.69, 9.17) is 9.05 Å². The van der Waals surface area contributed by atoms with E-state index in [0.717, 1.165) is 0 Å². The van der Waals surface area contributed by atoms with Gasteiger partial charge in [0.05, 0.1) is 27.7 Å². The fraction of sp³-hybridized carbons (Fsp3) is 1.00. The number of nitrogens with zero attached hydrogens (tertiary/aromatic N) is 1. The number of likely N-dealkylation sites (N-methyl/N-ethyl adjacent to an activating group) is 1. The molecular formula is C8H21NO4PS2+. The molecule has 0 aromatic heterocycles. The Labute approximate surface area is 108 Å². The van der Waals surface area contributed by atoms with E-state index in [1.807, 2.05) is 21.1 Å². The van der Waals surface area contributed by atoms with Crippen molar-refractivity contribution in [3.63, 3.8) is 0 Å². The van der Waals surface area contributed by atoms with Crippen molar-refractivity contribution in [2.24, 2.45) is 0 Å². The third-order valence-corrected chi connectivity index (χ3v) is 3.70. The first-order valence-corrected chi connectivity index (χ1v) is 7.52. The van der Waals surface area contributed by atoms with Crippen LogP contribution < -0.4 is 0 Å². The van der Waals surface area contributed by atoms with Crippen LogP contribution in [0.5, 0.6) is 0 Å². The topological polar surface area (TPSA) is 55.8 Å². The first-order chi connectivity index (χ1) is 7.16. The third kappa shape index (κ3) is 9.96. The van der Waals surface area contributed by atoms with Crippen LogP contribution in [0.2, 0.25) is 0 Å². The van der Waals surface area contributed by atoms with Gasteiger partial charge in [-0.15, -0.1) is 0 Å². The summed E-state index contributed by atoms with van der Waals surface area (Å²) in [5.41, 5.74) is 0. The Bertz CT molecular complexity index is 247. The number of quaternary nitrogens is 1. The summed E-state index contributed by atoms with van der Waals surface area (Å²) in [6.45, 7) is 0.852. The van der Waals surface area contributed by atoms with Crippen molar-refractivity contribution in [1.82, 2.24) is 0 Å². The van der Waals surface area contributed by atoms with Crippen LogP contribution in [0.4, 0.5) is 0 Å². The van der Waals surface area contributed by atoms with Gasteiger partial charge < -0.3 is 9.38 Å². The predicted molar refractivity (Wildman–Crippen MR) is 71.3 cm³/mol. The Morgan fingerprint density at radius 2 is 1.94 bits per heavy atom. The molecule has 2 atom stereocenters. The van der Waals surface area contributed by atoms with Crippen LogP contribution >= 0.6 is 33.1 Å². The SMILES string of the molecule is C[N+](C)(C)CCOP(=O)(O)OC[C@H](S)CS. The van der Waals surface area contributed by atoms with Crippen molar-refractivity contribution in [3.8, 4) is 0 Å². The Morgan fingerprint density at radius 1 is 1.38 bits per heavy atom.